The number of nitrogens with zero attached hydrogens (tertiary/aromatic N) is 2. The monoisotopic (exact) mass is 224 g/mol. The van der Waals surface area contributed by atoms with Crippen LogP contribution in [0.1, 0.15) is 31.2 Å². The third kappa shape index (κ3) is 1.93. The number of hydrogen-bond acceptors (Lipinski definition) is 1. The van der Waals surface area contributed by atoms with Crippen molar-refractivity contribution in [3.63, 3.8) is 0 Å². The Morgan fingerprint density at radius 2 is 2.06 bits per heavy atom. The number of nitriles is 1. The molecule has 0 saturated heterocycles. The molecule has 0 atom stereocenters. The van der Waals surface area contributed by atoms with Crippen molar-refractivity contribution in [3.05, 3.63) is 36.0 Å². The predicted molar refractivity (Wildman–Crippen MR) is 68.6 cm³/mol. The molecule has 0 bridgehead atoms. The lowest BCUT2D eigenvalue weighted by Crippen LogP contribution is -2.05. The van der Waals surface area contributed by atoms with Gasteiger partial charge in [0.05, 0.1) is 11.6 Å². The largest absolute Gasteiger partial charge is 0.347 e. The summed E-state index contributed by atoms with van der Waals surface area (Å²) < 4.78 is 2.31. The van der Waals surface area contributed by atoms with Gasteiger partial charge < -0.3 is 4.57 Å². The van der Waals surface area contributed by atoms with E-state index in [0.29, 0.717) is 0 Å². The van der Waals surface area contributed by atoms with Crippen molar-refractivity contribution in [2.45, 2.75) is 32.2 Å². The number of benzene rings is 1. The third-order valence-corrected chi connectivity index (χ3v) is 3.83. The second kappa shape index (κ2) is 4.25. The molecular formula is C15H16N2. The maximum Gasteiger partial charge on any atom is 0.0992 e. The molecule has 0 radical (unpaired) electrons. The van der Waals surface area contributed by atoms with Crippen LogP contribution in [0.4, 0.5) is 0 Å². The smallest absolute Gasteiger partial charge is 0.0992 e. The quantitative estimate of drug-likeness (QED) is 0.764. The Kier molecular flexibility index (Phi) is 2.60. The van der Waals surface area contributed by atoms with Crippen molar-refractivity contribution >= 4 is 10.9 Å². The van der Waals surface area contributed by atoms with E-state index in [2.05, 4.69) is 22.9 Å². The van der Waals surface area contributed by atoms with Crippen molar-refractivity contribution in [3.8, 4) is 6.07 Å². The van der Waals surface area contributed by atoms with Crippen molar-refractivity contribution in [1.82, 2.24) is 4.57 Å². The van der Waals surface area contributed by atoms with Gasteiger partial charge in [-0.3, -0.25) is 0 Å². The van der Waals surface area contributed by atoms with Gasteiger partial charge in [-0.1, -0.05) is 18.9 Å². The Hall–Kier alpha value is -1.75. The first-order chi connectivity index (χ1) is 8.36. The Morgan fingerprint density at radius 3 is 2.82 bits per heavy atom. The zero-order chi connectivity index (χ0) is 11.7. The lowest BCUT2D eigenvalue weighted by Gasteiger charge is -2.11. The van der Waals surface area contributed by atoms with Crippen LogP contribution in [0.3, 0.4) is 0 Å². The minimum Gasteiger partial charge on any atom is -0.347 e. The van der Waals surface area contributed by atoms with Crippen LogP contribution < -0.4 is 0 Å². The normalized spacial score (nSPS) is 16.4. The van der Waals surface area contributed by atoms with E-state index in [0.717, 1.165) is 18.0 Å². The average Bonchev–Trinajstić information content (AvgIpc) is 2.99. The number of rotatable bonds is 2. The van der Waals surface area contributed by atoms with Crippen molar-refractivity contribution in [1.29, 1.82) is 5.26 Å². The van der Waals surface area contributed by atoms with Crippen LogP contribution in [0.2, 0.25) is 0 Å². The molecule has 2 aromatic rings. The fourth-order valence-corrected chi connectivity index (χ4v) is 2.88. The first-order valence-corrected chi connectivity index (χ1v) is 6.36. The molecule has 0 unspecified atom stereocenters. The van der Waals surface area contributed by atoms with E-state index >= 15 is 0 Å². The fourth-order valence-electron chi connectivity index (χ4n) is 2.88. The molecule has 2 nitrogen and oxygen atoms in total. The average molecular weight is 224 g/mol. The summed E-state index contributed by atoms with van der Waals surface area (Å²) in [6, 6.07) is 10.3. The highest BCUT2D eigenvalue weighted by molar-refractivity contribution is 5.81. The van der Waals surface area contributed by atoms with Gasteiger partial charge >= 0.3 is 0 Å². The molecule has 0 spiro atoms. The maximum atomic E-state index is 8.95. The van der Waals surface area contributed by atoms with Crippen LogP contribution in [0.15, 0.2) is 30.5 Å². The summed E-state index contributed by atoms with van der Waals surface area (Å²) >= 11 is 0. The van der Waals surface area contributed by atoms with Gasteiger partial charge in [0.2, 0.25) is 0 Å². The summed E-state index contributed by atoms with van der Waals surface area (Å²) in [5.74, 6) is 0.830. The standard InChI is InChI=1S/C15H16N2/c16-10-13-5-6-14-7-8-17(15(14)9-13)11-12-3-1-2-4-12/h5-9,12H,1-4,11H2. The predicted octanol–water partition coefficient (Wildman–Crippen LogP) is 3.70. The number of aromatic nitrogens is 1. The Balaban J connectivity index is 1.95. The van der Waals surface area contributed by atoms with Gasteiger partial charge in [-0.05, 0) is 42.3 Å². The van der Waals surface area contributed by atoms with Crippen molar-refractivity contribution < 1.29 is 0 Å². The van der Waals surface area contributed by atoms with Crippen LogP contribution >= 0.6 is 0 Å². The maximum absolute atomic E-state index is 8.95. The molecule has 1 fully saturated rings. The van der Waals surface area contributed by atoms with E-state index < -0.39 is 0 Å². The van der Waals surface area contributed by atoms with Crippen LogP contribution in [0.25, 0.3) is 10.9 Å². The Bertz CT molecular complexity index is 568. The molecule has 0 N–H and O–H groups in total. The van der Waals surface area contributed by atoms with E-state index in [4.69, 9.17) is 5.26 Å². The zero-order valence-electron chi connectivity index (χ0n) is 9.89. The van der Waals surface area contributed by atoms with E-state index in [1.54, 1.807) is 0 Å². The molecule has 2 heteroatoms. The summed E-state index contributed by atoms with van der Waals surface area (Å²) in [7, 11) is 0. The van der Waals surface area contributed by atoms with Gasteiger partial charge in [0.25, 0.3) is 0 Å². The van der Waals surface area contributed by atoms with E-state index in [-0.39, 0.29) is 0 Å². The number of fused-ring (bicyclic) bond motifs is 1. The first-order valence-electron chi connectivity index (χ1n) is 6.36. The van der Waals surface area contributed by atoms with Gasteiger partial charge in [0, 0.05) is 18.3 Å². The SMILES string of the molecule is N#Cc1ccc2ccn(CC3CCCC3)c2c1. The molecule has 86 valence electrons. The molecule has 17 heavy (non-hydrogen) atoms. The van der Waals surface area contributed by atoms with Crippen molar-refractivity contribution in [2.24, 2.45) is 5.92 Å². The summed E-state index contributed by atoms with van der Waals surface area (Å²) in [6.07, 6.45) is 7.64. The second-order valence-corrected chi connectivity index (χ2v) is 5.00. The highest BCUT2D eigenvalue weighted by Crippen LogP contribution is 2.28. The van der Waals surface area contributed by atoms with Gasteiger partial charge in [-0.2, -0.15) is 5.26 Å². The molecule has 0 aliphatic heterocycles. The second-order valence-electron chi connectivity index (χ2n) is 5.00. The summed E-state index contributed by atoms with van der Waals surface area (Å²) in [5, 5.41) is 10.2. The number of hydrogen-bond donors (Lipinski definition) is 0. The van der Waals surface area contributed by atoms with Gasteiger partial charge in [0.15, 0.2) is 0 Å². The Labute approximate surface area is 101 Å². The van der Waals surface area contributed by atoms with Gasteiger partial charge in [-0.15, -0.1) is 0 Å². The van der Waals surface area contributed by atoms with Gasteiger partial charge in [-0.25, -0.2) is 0 Å². The minimum absolute atomic E-state index is 0.754. The fraction of sp³-hybridized carbons (Fsp3) is 0.400. The van der Waals surface area contributed by atoms with Crippen LogP contribution in [0.5, 0.6) is 0 Å². The highest BCUT2D eigenvalue weighted by atomic mass is 15.0. The van der Waals surface area contributed by atoms with Gasteiger partial charge in [0.1, 0.15) is 0 Å². The molecule has 1 saturated carbocycles. The minimum atomic E-state index is 0.754. The topological polar surface area (TPSA) is 28.7 Å². The third-order valence-electron chi connectivity index (χ3n) is 3.83. The summed E-state index contributed by atoms with van der Waals surface area (Å²) in [4.78, 5) is 0. The summed E-state index contributed by atoms with van der Waals surface area (Å²) in [6.45, 7) is 1.11. The Morgan fingerprint density at radius 1 is 1.24 bits per heavy atom. The van der Waals surface area contributed by atoms with Crippen LogP contribution in [-0.4, -0.2) is 4.57 Å². The molecule has 3 rings (SSSR count). The zero-order valence-corrected chi connectivity index (χ0v) is 9.89. The van der Waals surface area contributed by atoms with Crippen molar-refractivity contribution in [2.75, 3.05) is 0 Å². The molecule has 1 heterocycles. The highest BCUT2D eigenvalue weighted by Gasteiger charge is 2.16. The molecule has 0 amide bonds. The molecular weight excluding hydrogens is 208 g/mol. The molecule has 1 aromatic carbocycles. The van der Waals surface area contributed by atoms with E-state index in [1.165, 1.54) is 36.6 Å². The lowest BCUT2D eigenvalue weighted by atomic mass is 10.1. The molecule has 1 aromatic heterocycles. The lowest BCUT2D eigenvalue weighted by molar-refractivity contribution is 0.466. The van der Waals surface area contributed by atoms with E-state index in [1.807, 2.05) is 18.2 Å². The molecule has 1 aliphatic carbocycles. The van der Waals surface area contributed by atoms with E-state index in [9.17, 15) is 0 Å². The molecule has 1 aliphatic rings. The van der Waals surface area contributed by atoms with Crippen LogP contribution in [-0.2, 0) is 6.54 Å². The first kappa shape index (κ1) is 10.4. The van der Waals surface area contributed by atoms with Crippen LogP contribution in [0, 0.1) is 17.2 Å². The summed E-state index contributed by atoms with van der Waals surface area (Å²) in [5.41, 5.74) is 1.96.